The molecule has 1 aromatic carbocycles. The molecule has 1 aromatic rings. The van der Waals surface area contributed by atoms with Gasteiger partial charge in [-0.05, 0) is 30.3 Å². The van der Waals surface area contributed by atoms with Gasteiger partial charge in [0.05, 0.1) is 0 Å². The lowest BCUT2D eigenvalue weighted by Gasteiger charge is -2.08. The van der Waals surface area contributed by atoms with Crippen LogP contribution in [0.4, 0.5) is 0 Å². The molecule has 1 heterocycles. The number of hydrogen-bond donors (Lipinski definition) is 1. The van der Waals surface area contributed by atoms with Crippen LogP contribution >= 0.6 is 0 Å². The standard InChI is InChI=1S/C12H13N/c1-10-2-4-11(5-3-10)12-6-8-13-9-7-12/h2-8,13H,9H2,1H3. The summed E-state index contributed by atoms with van der Waals surface area (Å²) in [6.45, 7) is 3.04. The van der Waals surface area contributed by atoms with Gasteiger partial charge in [0.25, 0.3) is 0 Å². The molecule has 0 aliphatic carbocycles. The summed E-state index contributed by atoms with van der Waals surface area (Å²) < 4.78 is 0. The number of hydrogen-bond acceptors (Lipinski definition) is 1. The predicted molar refractivity (Wildman–Crippen MR) is 56.3 cm³/mol. The fraction of sp³-hybridized carbons (Fsp3) is 0.167. The van der Waals surface area contributed by atoms with Gasteiger partial charge in [-0.15, -0.1) is 0 Å². The summed E-state index contributed by atoms with van der Waals surface area (Å²) in [5.41, 5.74) is 3.91. The Morgan fingerprint density at radius 3 is 2.54 bits per heavy atom. The fourth-order valence-corrected chi connectivity index (χ4v) is 1.41. The Bertz CT molecular complexity index is 344. The Kier molecular flexibility index (Phi) is 2.17. The molecule has 1 aliphatic heterocycles. The van der Waals surface area contributed by atoms with E-state index in [1.165, 1.54) is 16.7 Å². The van der Waals surface area contributed by atoms with Crippen molar-refractivity contribution in [1.82, 2.24) is 5.32 Å². The molecule has 1 N–H and O–H groups in total. The minimum atomic E-state index is 0.930. The zero-order chi connectivity index (χ0) is 9.10. The molecule has 0 amide bonds. The number of aryl methyl sites for hydroxylation is 1. The summed E-state index contributed by atoms with van der Waals surface area (Å²) in [4.78, 5) is 0. The van der Waals surface area contributed by atoms with Crippen molar-refractivity contribution in [2.24, 2.45) is 0 Å². The molecule has 1 aliphatic rings. The van der Waals surface area contributed by atoms with Gasteiger partial charge in [0.2, 0.25) is 0 Å². The molecule has 2 rings (SSSR count). The van der Waals surface area contributed by atoms with E-state index in [2.05, 4.69) is 48.7 Å². The Morgan fingerprint density at radius 2 is 1.92 bits per heavy atom. The first-order valence-corrected chi connectivity index (χ1v) is 4.53. The Morgan fingerprint density at radius 1 is 1.15 bits per heavy atom. The lowest BCUT2D eigenvalue weighted by atomic mass is 10.0. The zero-order valence-electron chi connectivity index (χ0n) is 7.75. The van der Waals surface area contributed by atoms with Crippen molar-refractivity contribution in [2.45, 2.75) is 6.92 Å². The van der Waals surface area contributed by atoms with E-state index in [-0.39, 0.29) is 0 Å². The average Bonchev–Trinajstić information content (AvgIpc) is 2.20. The van der Waals surface area contributed by atoms with Crippen molar-refractivity contribution in [3.05, 3.63) is 53.7 Å². The predicted octanol–water partition coefficient (Wildman–Crippen LogP) is 2.50. The second kappa shape index (κ2) is 3.48. The van der Waals surface area contributed by atoms with Gasteiger partial charge in [-0.25, -0.2) is 0 Å². The van der Waals surface area contributed by atoms with Gasteiger partial charge in [0.15, 0.2) is 0 Å². The Balaban J connectivity index is 2.30. The van der Waals surface area contributed by atoms with Gasteiger partial charge in [-0.3, -0.25) is 0 Å². The highest BCUT2D eigenvalue weighted by Crippen LogP contribution is 2.17. The number of allylic oxidation sites excluding steroid dienone is 2. The fourth-order valence-electron chi connectivity index (χ4n) is 1.41. The molecule has 0 unspecified atom stereocenters. The van der Waals surface area contributed by atoms with Crippen molar-refractivity contribution in [3.8, 4) is 0 Å². The van der Waals surface area contributed by atoms with Crippen LogP contribution < -0.4 is 5.32 Å². The molecule has 1 nitrogen and oxygen atoms in total. The highest BCUT2D eigenvalue weighted by Gasteiger charge is 1.99. The molecule has 13 heavy (non-hydrogen) atoms. The largest absolute Gasteiger partial charge is 0.387 e. The van der Waals surface area contributed by atoms with E-state index in [0.29, 0.717) is 0 Å². The van der Waals surface area contributed by atoms with Crippen LogP contribution in [-0.4, -0.2) is 6.54 Å². The molecular formula is C12H13N. The van der Waals surface area contributed by atoms with Crippen molar-refractivity contribution < 1.29 is 0 Å². The van der Waals surface area contributed by atoms with Crippen LogP contribution in [0.2, 0.25) is 0 Å². The van der Waals surface area contributed by atoms with Gasteiger partial charge in [-0.2, -0.15) is 0 Å². The summed E-state index contributed by atoms with van der Waals surface area (Å²) >= 11 is 0. The number of dihydropyridines is 1. The third kappa shape index (κ3) is 1.81. The van der Waals surface area contributed by atoms with E-state index in [9.17, 15) is 0 Å². The summed E-state index contributed by atoms with van der Waals surface area (Å²) in [7, 11) is 0. The third-order valence-corrected chi connectivity index (χ3v) is 2.21. The molecule has 0 fully saturated rings. The van der Waals surface area contributed by atoms with Gasteiger partial charge < -0.3 is 5.32 Å². The minimum absolute atomic E-state index is 0.930. The van der Waals surface area contributed by atoms with Gasteiger partial charge in [0, 0.05) is 6.54 Å². The van der Waals surface area contributed by atoms with Gasteiger partial charge >= 0.3 is 0 Å². The van der Waals surface area contributed by atoms with Crippen molar-refractivity contribution in [3.63, 3.8) is 0 Å². The first-order valence-electron chi connectivity index (χ1n) is 4.53. The minimum Gasteiger partial charge on any atom is -0.387 e. The molecule has 1 heteroatoms. The molecular weight excluding hydrogens is 158 g/mol. The molecule has 0 radical (unpaired) electrons. The number of rotatable bonds is 1. The van der Waals surface area contributed by atoms with Crippen molar-refractivity contribution in [2.75, 3.05) is 6.54 Å². The first kappa shape index (κ1) is 8.11. The smallest absolute Gasteiger partial charge is 0.0334 e. The topological polar surface area (TPSA) is 12.0 Å². The highest BCUT2D eigenvalue weighted by atomic mass is 14.8. The maximum absolute atomic E-state index is 3.14. The summed E-state index contributed by atoms with van der Waals surface area (Å²) in [6.07, 6.45) is 6.30. The van der Waals surface area contributed by atoms with Crippen LogP contribution in [0.15, 0.2) is 42.6 Å². The number of nitrogens with one attached hydrogen (secondary N) is 1. The Hall–Kier alpha value is -1.50. The maximum atomic E-state index is 3.14. The van der Waals surface area contributed by atoms with E-state index < -0.39 is 0 Å². The van der Waals surface area contributed by atoms with Crippen LogP contribution in [-0.2, 0) is 0 Å². The summed E-state index contributed by atoms with van der Waals surface area (Å²) in [5, 5.41) is 3.14. The lowest BCUT2D eigenvalue weighted by molar-refractivity contribution is 0.976. The van der Waals surface area contributed by atoms with Crippen LogP contribution in [0.1, 0.15) is 11.1 Å². The second-order valence-electron chi connectivity index (χ2n) is 3.27. The summed E-state index contributed by atoms with van der Waals surface area (Å²) in [6, 6.07) is 8.62. The van der Waals surface area contributed by atoms with Crippen molar-refractivity contribution in [1.29, 1.82) is 0 Å². The molecule has 0 aromatic heterocycles. The highest BCUT2D eigenvalue weighted by molar-refractivity contribution is 5.74. The van der Waals surface area contributed by atoms with Gasteiger partial charge in [-0.1, -0.05) is 35.9 Å². The third-order valence-electron chi connectivity index (χ3n) is 2.21. The molecule has 0 bridgehead atoms. The SMILES string of the molecule is Cc1ccc(C2=CCNC=C2)cc1. The molecule has 0 atom stereocenters. The molecule has 0 spiro atoms. The van der Waals surface area contributed by atoms with Gasteiger partial charge in [0.1, 0.15) is 0 Å². The molecule has 0 saturated carbocycles. The second-order valence-corrected chi connectivity index (χ2v) is 3.27. The van der Waals surface area contributed by atoms with E-state index in [4.69, 9.17) is 0 Å². The quantitative estimate of drug-likeness (QED) is 0.684. The van der Waals surface area contributed by atoms with Crippen LogP contribution in [0.5, 0.6) is 0 Å². The molecule has 66 valence electrons. The van der Waals surface area contributed by atoms with Crippen LogP contribution in [0.25, 0.3) is 5.57 Å². The van der Waals surface area contributed by atoms with Crippen LogP contribution in [0.3, 0.4) is 0 Å². The normalized spacial score (nSPS) is 15.0. The Labute approximate surface area is 78.8 Å². The van der Waals surface area contributed by atoms with E-state index >= 15 is 0 Å². The summed E-state index contributed by atoms with van der Waals surface area (Å²) in [5.74, 6) is 0. The number of benzene rings is 1. The average molecular weight is 171 g/mol. The molecule has 0 saturated heterocycles. The van der Waals surface area contributed by atoms with Crippen molar-refractivity contribution >= 4 is 5.57 Å². The van der Waals surface area contributed by atoms with E-state index in [0.717, 1.165) is 6.54 Å². The maximum Gasteiger partial charge on any atom is 0.0334 e. The van der Waals surface area contributed by atoms with Crippen LogP contribution in [0, 0.1) is 6.92 Å². The zero-order valence-corrected chi connectivity index (χ0v) is 7.75. The lowest BCUT2D eigenvalue weighted by Crippen LogP contribution is -2.08. The first-order chi connectivity index (χ1) is 6.36. The van der Waals surface area contributed by atoms with E-state index in [1.807, 2.05) is 6.20 Å². The monoisotopic (exact) mass is 171 g/mol. The van der Waals surface area contributed by atoms with E-state index in [1.54, 1.807) is 0 Å².